The number of nitrogens with zero attached hydrogens (tertiary/aromatic N) is 2. The van der Waals surface area contributed by atoms with Crippen LogP contribution in [0, 0.1) is 0 Å². The van der Waals surface area contributed by atoms with Gasteiger partial charge in [0.05, 0.1) is 0 Å². The first-order valence-electron chi connectivity index (χ1n) is 21.1. The van der Waals surface area contributed by atoms with Crippen molar-refractivity contribution >= 4 is 18.1 Å². The van der Waals surface area contributed by atoms with Gasteiger partial charge < -0.3 is 19.1 Å². The van der Waals surface area contributed by atoms with Crippen LogP contribution < -0.4 is 0 Å². The van der Waals surface area contributed by atoms with Gasteiger partial charge in [0, 0.05) is 39.0 Å². The molecule has 0 saturated carbocycles. The number of hydrogen-bond acceptors (Lipinski definition) is 10. The molecule has 0 aromatic rings. The molecule has 0 aromatic heterocycles. The summed E-state index contributed by atoms with van der Waals surface area (Å²) >= 11 is 0. The highest BCUT2D eigenvalue weighted by Gasteiger charge is 2.17. The third-order valence-corrected chi connectivity index (χ3v) is 9.65. The molecular weight excluding hydrogens is 648 g/mol. The molecule has 0 spiro atoms. The molecule has 10 nitrogen and oxygen atoms in total. The Morgan fingerprint density at radius 2 is 0.961 bits per heavy atom. The second kappa shape index (κ2) is 36.4. The molecule has 0 radical (unpaired) electrons. The van der Waals surface area contributed by atoms with Crippen molar-refractivity contribution in [2.45, 2.75) is 195 Å². The Morgan fingerprint density at radius 3 is 1.51 bits per heavy atom. The van der Waals surface area contributed by atoms with Crippen LogP contribution in [0.25, 0.3) is 0 Å². The lowest BCUT2D eigenvalue weighted by Crippen LogP contribution is -2.39. The lowest BCUT2D eigenvalue weighted by molar-refractivity contribution is -0.298. The monoisotopic (exact) mass is 729 g/mol. The molecule has 0 N–H and O–H groups in total. The van der Waals surface area contributed by atoms with E-state index in [1.807, 2.05) is 13.8 Å². The summed E-state index contributed by atoms with van der Waals surface area (Å²) in [6.45, 7) is 18.2. The molecule has 1 unspecified atom stereocenters. The molecule has 0 saturated heterocycles. The first-order chi connectivity index (χ1) is 24.8. The van der Waals surface area contributed by atoms with Crippen LogP contribution >= 0.6 is 0 Å². The normalized spacial score (nSPS) is 12.1. The Balaban J connectivity index is 4.54. The number of esters is 1. The van der Waals surface area contributed by atoms with Crippen molar-refractivity contribution in [2.75, 3.05) is 52.5 Å². The van der Waals surface area contributed by atoms with Gasteiger partial charge in [0.25, 0.3) is 0 Å². The Bertz CT molecular complexity index is 807. The minimum absolute atomic E-state index is 0.0191. The molecule has 51 heavy (non-hydrogen) atoms. The first-order valence-corrected chi connectivity index (χ1v) is 21.1. The molecule has 1 atom stereocenters. The maximum absolute atomic E-state index is 12.8. The van der Waals surface area contributed by atoms with Crippen molar-refractivity contribution in [3.05, 3.63) is 0 Å². The van der Waals surface area contributed by atoms with Crippen molar-refractivity contribution in [1.82, 2.24) is 9.80 Å². The molecule has 0 heterocycles. The Morgan fingerprint density at radius 1 is 0.490 bits per heavy atom. The van der Waals surface area contributed by atoms with Crippen molar-refractivity contribution in [2.24, 2.45) is 0 Å². The van der Waals surface area contributed by atoms with Crippen LogP contribution in [0.3, 0.4) is 0 Å². The van der Waals surface area contributed by atoms with Gasteiger partial charge in [-0.05, 0) is 64.5 Å². The smallest absolute Gasteiger partial charge is 0.464 e. The van der Waals surface area contributed by atoms with Crippen LogP contribution in [0.1, 0.15) is 183 Å². The van der Waals surface area contributed by atoms with E-state index >= 15 is 0 Å². The minimum Gasteiger partial charge on any atom is -0.464 e. The van der Waals surface area contributed by atoms with Crippen LogP contribution in [0.15, 0.2) is 0 Å². The lowest BCUT2D eigenvalue weighted by Gasteiger charge is -2.26. The summed E-state index contributed by atoms with van der Waals surface area (Å²) in [5, 5.41) is 0. The summed E-state index contributed by atoms with van der Waals surface area (Å²) in [6, 6.07) is 0. The van der Waals surface area contributed by atoms with Gasteiger partial charge in [0.15, 0.2) is 0 Å². The van der Waals surface area contributed by atoms with Gasteiger partial charge >= 0.3 is 18.1 Å². The summed E-state index contributed by atoms with van der Waals surface area (Å²) in [5.41, 5.74) is 0. The van der Waals surface area contributed by atoms with Gasteiger partial charge in [-0.1, -0.05) is 119 Å². The molecule has 0 aliphatic heterocycles. The molecule has 302 valence electrons. The van der Waals surface area contributed by atoms with E-state index in [0.29, 0.717) is 32.5 Å². The Hall–Kier alpha value is -1.91. The van der Waals surface area contributed by atoms with Crippen LogP contribution in [0.2, 0.25) is 0 Å². The fourth-order valence-electron chi connectivity index (χ4n) is 5.99. The van der Waals surface area contributed by atoms with Crippen molar-refractivity contribution in [1.29, 1.82) is 0 Å². The molecule has 0 rings (SSSR count). The highest BCUT2D eigenvalue weighted by Crippen LogP contribution is 2.18. The predicted molar refractivity (Wildman–Crippen MR) is 207 cm³/mol. The van der Waals surface area contributed by atoms with Gasteiger partial charge in [0.1, 0.15) is 25.4 Å². The molecule has 0 fully saturated rings. The molecule has 0 bridgehead atoms. The van der Waals surface area contributed by atoms with E-state index in [1.54, 1.807) is 0 Å². The standard InChI is InChI=1S/C41H80N2O8/c1-7-13-15-20-25-29-39(44)47-35-33-43(32-31-42(11-5)12-6)34-36-48-41(46)49-38(27-23-16-14-8-2)28-24-21-18-17-19-22-26-30-40(45)51-50-37(9-3)10-4/h37-38H,7-36H2,1-6H3. The zero-order valence-electron chi connectivity index (χ0n) is 34.0. The molecule has 0 aliphatic rings. The van der Waals surface area contributed by atoms with Crippen molar-refractivity contribution in [3.63, 3.8) is 0 Å². The minimum atomic E-state index is -0.586. The molecule has 10 heteroatoms. The number of carbonyl (C=O) groups is 3. The molecular formula is C41H80N2O8. The highest BCUT2D eigenvalue weighted by atomic mass is 17.2. The van der Waals surface area contributed by atoms with Crippen molar-refractivity contribution in [3.8, 4) is 0 Å². The summed E-state index contributed by atoms with van der Waals surface area (Å²) in [6.07, 6.45) is 20.9. The number of carbonyl (C=O) groups excluding carboxylic acids is 3. The average Bonchev–Trinajstić information content (AvgIpc) is 3.12. The Labute approximate surface area is 313 Å². The fraction of sp³-hybridized carbons (Fsp3) is 0.927. The third-order valence-electron chi connectivity index (χ3n) is 9.65. The van der Waals surface area contributed by atoms with E-state index in [0.717, 1.165) is 122 Å². The van der Waals surface area contributed by atoms with Gasteiger partial charge in [-0.25, -0.2) is 9.59 Å². The zero-order chi connectivity index (χ0) is 37.8. The maximum Gasteiger partial charge on any atom is 0.508 e. The maximum atomic E-state index is 12.8. The van der Waals surface area contributed by atoms with Gasteiger partial charge in [-0.3, -0.25) is 14.6 Å². The van der Waals surface area contributed by atoms with Crippen LogP contribution in [-0.2, 0) is 33.6 Å². The number of ether oxygens (including phenoxy) is 3. The number of unbranched alkanes of at least 4 members (excludes halogenated alkanes) is 13. The van der Waals surface area contributed by atoms with E-state index in [2.05, 4.69) is 37.5 Å². The van der Waals surface area contributed by atoms with E-state index < -0.39 is 6.16 Å². The van der Waals surface area contributed by atoms with Crippen LogP contribution in [0.5, 0.6) is 0 Å². The van der Waals surface area contributed by atoms with Crippen LogP contribution in [0.4, 0.5) is 4.79 Å². The second-order valence-corrected chi connectivity index (χ2v) is 13.9. The summed E-state index contributed by atoms with van der Waals surface area (Å²) in [7, 11) is 0. The average molecular weight is 729 g/mol. The number of likely N-dealkylation sites (N-methyl/N-ethyl adjacent to an activating group) is 1. The Kier molecular flexibility index (Phi) is 35.1. The van der Waals surface area contributed by atoms with Gasteiger partial charge in [0.2, 0.25) is 0 Å². The van der Waals surface area contributed by atoms with E-state index in [9.17, 15) is 14.4 Å². The van der Waals surface area contributed by atoms with E-state index in [-0.39, 0.29) is 30.8 Å². The van der Waals surface area contributed by atoms with E-state index in [4.69, 9.17) is 24.0 Å². The number of hydrogen-bond donors (Lipinski definition) is 0. The molecule has 0 aliphatic carbocycles. The van der Waals surface area contributed by atoms with Gasteiger partial charge in [-0.2, -0.15) is 4.89 Å². The quantitative estimate of drug-likeness (QED) is 0.0266. The topological polar surface area (TPSA) is 104 Å². The first kappa shape index (κ1) is 49.1. The predicted octanol–water partition coefficient (Wildman–Crippen LogP) is 10.2. The molecule has 0 aromatic carbocycles. The summed E-state index contributed by atoms with van der Waals surface area (Å²) in [4.78, 5) is 51.5. The lowest BCUT2D eigenvalue weighted by atomic mass is 10.0. The van der Waals surface area contributed by atoms with E-state index in [1.165, 1.54) is 32.1 Å². The number of rotatable bonds is 37. The SMILES string of the molecule is CCCCCCCC(=O)OCCN(CCOC(=O)OC(CCCCCC)CCCCCCCCCC(=O)OOC(CC)CC)CCN(CC)CC. The summed E-state index contributed by atoms with van der Waals surface area (Å²) < 4.78 is 16.9. The second-order valence-electron chi connectivity index (χ2n) is 13.9. The van der Waals surface area contributed by atoms with Crippen LogP contribution in [-0.4, -0.2) is 92.6 Å². The summed E-state index contributed by atoms with van der Waals surface area (Å²) in [5.74, 6) is -0.405. The largest absolute Gasteiger partial charge is 0.508 e. The molecule has 0 amide bonds. The fourth-order valence-corrected chi connectivity index (χ4v) is 5.99. The highest BCUT2D eigenvalue weighted by molar-refractivity contribution is 5.69. The third kappa shape index (κ3) is 31.3. The van der Waals surface area contributed by atoms with Crippen molar-refractivity contribution < 1.29 is 38.4 Å². The zero-order valence-corrected chi connectivity index (χ0v) is 34.0. The van der Waals surface area contributed by atoms with Gasteiger partial charge in [-0.15, -0.1) is 0 Å².